The van der Waals surface area contributed by atoms with E-state index in [1.165, 1.54) is 0 Å². The molecule has 0 radical (unpaired) electrons. The zero-order chi connectivity index (χ0) is 30.0. The second-order valence-electron chi connectivity index (χ2n) is 10.8. The number of rotatable bonds is 13. The van der Waals surface area contributed by atoms with Gasteiger partial charge in [-0.25, -0.2) is 0 Å². The average molecular weight is 585 g/mol. The molecule has 0 spiro atoms. The summed E-state index contributed by atoms with van der Waals surface area (Å²) in [4.78, 5) is 12.9. The van der Waals surface area contributed by atoms with Crippen molar-refractivity contribution in [2.45, 2.75) is 56.7 Å². The molecule has 1 amide bonds. The molecule has 0 aliphatic carbocycles. The molecule has 1 aliphatic rings. The SMILES string of the molecule is COC[C@H]1OC(OCc2ccc3ccccc3c2)[C@H](NC(=O)CCCN)[C@@H](OCc2ccc(-c3ccccc3)cc2)[C@@H]1O. The van der Waals surface area contributed by atoms with Crippen molar-refractivity contribution in [3.05, 3.63) is 108 Å². The first-order valence-corrected chi connectivity index (χ1v) is 14.7. The fourth-order valence-corrected chi connectivity index (χ4v) is 5.36. The van der Waals surface area contributed by atoms with E-state index in [9.17, 15) is 9.90 Å². The minimum absolute atomic E-state index is 0.135. The molecular formula is C35H40N2O6. The van der Waals surface area contributed by atoms with Crippen LogP contribution in [0.5, 0.6) is 0 Å². The molecule has 4 aromatic carbocycles. The molecule has 1 fully saturated rings. The highest BCUT2D eigenvalue weighted by molar-refractivity contribution is 5.83. The number of nitrogens with two attached hydrogens (primary N) is 1. The summed E-state index contributed by atoms with van der Waals surface area (Å²) in [6, 6.07) is 31.7. The second kappa shape index (κ2) is 15.2. The zero-order valence-corrected chi connectivity index (χ0v) is 24.4. The molecule has 8 nitrogen and oxygen atoms in total. The summed E-state index contributed by atoms with van der Waals surface area (Å²) in [5.41, 5.74) is 9.76. The predicted molar refractivity (Wildman–Crippen MR) is 166 cm³/mol. The number of benzene rings is 4. The lowest BCUT2D eigenvalue weighted by molar-refractivity contribution is -0.282. The second-order valence-corrected chi connectivity index (χ2v) is 10.8. The van der Waals surface area contributed by atoms with Crippen molar-refractivity contribution < 1.29 is 28.8 Å². The first-order valence-electron chi connectivity index (χ1n) is 14.7. The van der Waals surface area contributed by atoms with Crippen molar-refractivity contribution in [3.8, 4) is 11.1 Å². The van der Waals surface area contributed by atoms with E-state index in [1.54, 1.807) is 7.11 Å². The Balaban J connectivity index is 1.34. The van der Waals surface area contributed by atoms with Crippen LogP contribution in [0.4, 0.5) is 0 Å². The van der Waals surface area contributed by atoms with Crippen molar-refractivity contribution in [1.29, 1.82) is 0 Å². The highest BCUT2D eigenvalue weighted by Crippen LogP contribution is 2.28. The number of nitrogens with one attached hydrogen (secondary N) is 1. The normalized spacial score (nSPS) is 22.0. The maximum Gasteiger partial charge on any atom is 0.220 e. The van der Waals surface area contributed by atoms with E-state index < -0.39 is 30.6 Å². The van der Waals surface area contributed by atoms with Crippen LogP contribution >= 0.6 is 0 Å². The van der Waals surface area contributed by atoms with Gasteiger partial charge in [0.25, 0.3) is 0 Å². The van der Waals surface area contributed by atoms with E-state index in [4.69, 9.17) is 24.7 Å². The average Bonchev–Trinajstić information content (AvgIpc) is 3.05. The first kappa shape index (κ1) is 30.8. The third-order valence-electron chi connectivity index (χ3n) is 7.67. The third-order valence-corrected chi connectivity index (χ3v) is 7.67. The Hall–Kier alpha value is -3.63. The van der Waals surface area contributed by atoms with Crippen LogP contribution < -0.4 is 11.1 Å². The number of amides is 1. The van der Waals surface area contributed by atoms with Gasteiger partial charge in [-0.2, -0.15) is 0 Å². The van der Waals surface area contributed by atoms with Crippen LogP contribution in [-0.4, -0.2) is 61.9 Å². The van der Waals surface area contributed by atoms with Crippen LogP contribution in [0.2, 0.25) is 0 Å². The number of fused-ring (bicyclic) bond motifs is 1. The summed E-state index contributed by atoms with van der Waals surface area (Å²) in [7, 11) is 1.55. The van der Waals surface area contributed by atoms with Gasteiger partial charge in [-0.15, -0.1) is 0 Å². The molecular weight excluding hydrogens is 544 g/mol. The lowest BCUT2D eigenvalue weighted by Crippen LogP contribution is -2.65. The number of carbonyl (C=O) groups excluding carboxylic acids is 1. The van der Waals surface area contributed by atoms with Crippen LogP contribution in [0.25, 0.3) is 21.9 Å². The number of hydrogen-bond donors (Lipinski definition) is 3. The number of methoxy groups -OCH3 is 1. The van der Waals surface area contributed by atoms with Gasteiger partial charge in [0.15, 0.2) is 6.29 Å². The molecule has 1 saturated heterocycles. The molecule has 1 unspecified atom stereocenters. The van der Waals surface area contributed by atoms with Gasteiger partial charge in [0.05, 0.1) is 19.8 Å². The summed E-state index contributed by atoms with van der Waals surface area (Å²) < 4.78 is 24.2. The predicted octanol–water partition coefficient (Wildman–Crippen LogP) is 4.56. The summed E-state index contributed by atoms with van der Waals surface area (Å²) in [5, 5.41) is 16.6. The number of aliphatic hydroxyl groups excluding tert-OH is 1. The number of aliphatic hydroxyl groups is 1. The van der Waals surface area contributed by atoms with Gasteiger partial charge in [0.1, 0.15) is 24.4 Å². The van der Waals surface area contributed by atoms with E-state index in [0.29, 0.717) is 13.0 Å². The van der Waals surface area contributed by atoms with Crippen molar-refractivity contribution in [1.82, 2.24) is 5.32 Å². The van der Waals surface area contributed by atoms with Gasteiger partial charge < -0.3 is 35.1 Å². The van der Waals surface area contributed by atoms with Crippen molar-refractivity contribution in [3.63, 3.8) is 0 Å². The molecule has 1 heterocycles. The molecule has 5 atom stereocenters. The molecule has 8 heteroatoms. The minimum atomic E-state index is -1.07. The van der Waals surface area contributed by atoms with Gasteiger partial charge in [-0.3, -0.25) is 4.79 Å². The van der Waals surface area contributed by atoms with E-state index in [0.717, 1.165) is 33.0 Å². The zero-order valence-electron chi connectivity index (χ0n) is 24.4. The van der Waals surface area contributed by atoms with Crippen LogP contribution in [0.1, 0.15) is 24.0 Å². The molecule has 226 valence electrons. The fraction of sp³-hybridized carbons (Fsp3) is 0.343. The fourth-order valence-electron chi connectivity index (χ4n) is 5.36. The molecule has 0 saturated carbocycles. The van der Waals surface area contributed by atoms with Crippen molar-refractivity contribution in [2.75, 3.05) is 20.3 Å². The smallest absolute Gasteiger partial charge is 0.220 e. The van der Waals surface area contributed by atoms with Gasteiger partial charge in [0.2, 0.25) is 5.91 Å². The quantitative estimate of drug-likeness (QED) is 0.211. The Morgan fingerprint density at radius 2 is 1.53 bits per heavy atom. The highest BCUT2D eigenvalue weighted by atomic mass is 16.7. The Labute approximate surface area is 252 Å². The van der Waals surface area contributed by atoms with E-state index in [1.807, 2.05) is 66.7 Å². The van der Waals surface area contributed by atoms with Crippen molar-refractivity contribution >= 4 is 16.7 Å². The first-order chi connectivity index (χ1) is 21.1. The molecule has 43 heavy (non-hydrogen) atoms. The molecule has 0 bridgehead atoms. The standard InChI is InChI=1S/C35H40N2O6/c1-40-23-30-33(39)34(41-21-24-13-16-28(17-14-24)26-8-3-2-4-9-26)32(37-31(38)12-7-19-36)35(43-30)42-22-25-15-18-27-10-5-6-11-29(27)20-25/h2-6,8-11,13-18,20,30,32-35,39H,7,12,19,21-23,36H2,1H3,(H,37,38)/t30-,32-,33-,34-,35?/m1/s1. The number of hydrogen-bond acceptors (Lipinski definition) is 7. The lowest BCUT2D eigenvalue weighted by atomic mass is 9.96. The van der Waals surface area contributed by atoms with Gasteiger partial charge >= 0.3 is 0 Å². The lowest BCUT2D eigenvalue weighted by Gasteiger charge is -2.44. The molecule has 5 rings (SSSR count). The van der Waals surface area contributed by atoms with Crippen LogP contribution in [0.15, 0.2) is 97.1 Å². The largest absolute Gasteiger partial charge is 0.388 e. The molecule has 1 aliphatic heterocycles. The monoisotopic (exact) mass is 584 g/mol. The summed E-state index contributed by atoms with van der Waals surface area (Å²) in [5.74, 6) is -0.212. The van der Waals surface area contributed by atoms with E-state index in [-0.39, 0.29) is 32.1 Å². The summed E-state index contributed by atoms with van der Waals surface area (Å²) in [6.07, 6.45) is -2.70. The third kappa shape index (κ3) is 8.06. The van der Waals surface area contributed by atoms with E-state index >= 15 is 0 Å². The maximum atomic E-state index is 12.9. The van der Waals surface area contributed by atoms with Gasteiger partial charge in [-0.05, 0) is 52.1 Å². The number of ether oxygens (including phenoxy) is 4. The molecule has 4 N–H and O–H groups in total. The Kier molecular flexibility index (Phi) is 10.9. The topological polar surface area (TPSA) is 112 Å². The maximum absolute atomic E-state index is 12.9. The van der Waals surface area contributed by atoms with Gasteiger partial charge in [0, 0.05) is 13.5 Å². The Morgan fingerprint density at radius 1 is 0.860 bits per heavy atom. The number of carbonyl (C=O) groups is 1. The van der Waals surface area contributed by atoms with Crippen molar-refractivity contribution in [2.24, 2.45) is 5.73 Å². The Bertz CT molecular complexity index is 1450. The summed E-state index contributed by atoms with van der Waals surface area (Å²) >= 11 is 0. The molecule has 0 aromatic heterocycles. The van der Waals surface area contributed by atoms with Crippen LogP contribution in [-0.2, 0) is 37.0 Å². The molecule has 4 aromatic rings. The van der Waals surface area contributed by atoms with E-state index in [2.05, 4.69) is 35.6 Å². The summed E-state index contributed by atoms with van der Waals surface area (Å²) in [6.45, 7) is 1.00. The minimum Gasteiger partial charge on any atom is -0.388 e. The van der Waals surface area contributed by atoms with Crippen LogP contribution in [0, 0.1) is 0 Å². The van der Waals surface area contributed by atoms with Gasteiger partial charge in [-0.1, -0.05) is 91.0 Å². The highest BCUT2D eigenvalue weighted by Gasteiger charge is 2.47. The van der Waals surface area contributed by atoms with Crippen LogP contribution in [0.3, 0.4) is 0 Å². The Morgan fingerprint density at radius 3 is 2.28 bits per heavy atom.